The lowest BCUT2D eigenvalue weighted by molar-refractivity contribution is -0.0201. The molecule has 0 fully saturated rings. The van der Waals surface area contributed by atoms with Gasteiger partial charge >= 0.3 is 0 Å². The molecule has 0 radical (unpaired) electrons. The van der Waals surface area contributed by atoms with Crippen molar-refractivity contribution in [1.29, 1.82) is 0 Å². The van der Waals surface area contributed by atoms with Crippen molar-refractivity contribution in [3.05, 3.63) is 0 Å². The maximum atomic E-state index is 5.63. The summed E-state index contributed by atoms with van der Waals surface area (Å²) in [4.78, 5) is 0. The SMILES string of the molecule is ClCCCCCCOCCOCCOCCOCCOCCOCCOCCBr. The molecule has 9 heteroatoms. The second-order valence-electron chi connectivity index (χ2n) is 6.08. The van der Waals surface area contributed by atoms with Gasteiger partial charge in [-0.05, 0) is 12.8 Å². The maximum absolute atomic E-state index is 5.63. The maximum Gasteiger partial charge on any atom is 0.0701 e. The van der Waals surface area contributed by atoms with Crippen molar-refractivity contribution in [2.75, 3.05) is 104 Å². The number of rotatable bonds is 26. The minimum absolute atomic E-state index is 0.553. The first-order valence-electron chi connectivity index (χ1n) is 10.6. The van der Waals surface area contributed by atoms with Gasteiger partial charge in [-0.3, -0.25) is 0 Å². The normalized spacial score (nSPS) is 11.4. The van der Waals surface area contributed by atoms with E-state index < -0.39 is 0 Å². The van der Waals surface area contributed by atoms with Crippen LogP contribution in [-0.4, -0.2) is 104 Å². The molecule has 0 aromatic rings. The predicted octanol–water partition coefficient (Wildman–Crippen LogP) is 3.30. The predicted molar refractivity (Wildman–Crippen MR) is 119 cm³/mol. The van der Waals surface area contributed by atoms with Crippen LogP contribution in [0.25, 0.3) is 0 Å². The van der Waals surface area contributed by atoms with Crippen LogP contribution >= 0.6 is 27.5 Å². The average molecular weight is 508 g/mol. The van der Waals surface area contributed by atoms with Crippen molar-refractivity contribution in [3.63, 3.8) is 0 Å². The number of alkyl halides is 2. The molecule has 0 aromatic heterocycles. The standard InChI is InChI=1S/C20H40BrClO7/c21-5-8-24-10-12-26-14-16-28-18-20-29-19-17-27-15-13-25-11-9-23-7-4-2-1-3-6-22/h1-20H2. The van der Waals surface area contributed by atoms with Crippen LogP contribution < -0.4 is 0 Å². The van der Waals surface area contributed by atoms with Gasteiger partial charge in [0.2, 0.25) is 0 Å². The second kappa shape index (κ2) is 28.5. The molecule has 0 aliphatic carbocycles. The highest BCUT2D eigenvalue weighted by atomic mass is 79.9. The molecule has 0 aliphatic rings. The summed E-state index contributed by atoms with van der Waals surface area (Å²) >= 11 is 8.92. The Morgan fingerprint density at radius 2 is 0.690 bits per heavy atom. The van der Waals surface area contributed by atoms with E-state index in [2.05, 4.69) is 15.9 Å². The van der Waals surface area contributed by atoms with Crippen LogP contribution in [0.1, 0.15) is 25.7 Å². The van der Waals surface area contributed by atoms with Crippen LogP contribution in [0.4, 0.5) is 0 Å². The van der Waals surface area contributed by atoms with Crippen LogP contribution in [0.5, 0.6) is 0 Å². The van der Waals surface area contributed by atoms with Crippen LogP contribution in [-0.2, 0) is 33.2 Å². The van der Waals surface area contributed by atoms with E-state index in [1.54, 1.807) is 0 Å². The van der Waals surface area contributed by atoms with E-state index in [1.165, 1.54) is 12.8 Å². The Morgan fingerprint density at radius 3 is 1.03 bits per heavy atom. The number of unbranched alkanes of at least 4 members (excludes halogenated alkanes) is 3. The highest BCUT2D eigenvalue weighted by Crippen LogP contribution is 2.01. The van der Waals surface area contributed by atoms with Gasteiger partial charge in [-0.15, -0.1) is 11.6 Å². The second-order valence-corrected chi connectivity index (χ2v) is 7.25. The summed E-state index contributed by atoms with van der Waals surface area (Å²) in [6.07, 6.45) is 4.54. The summed E-state index contributed by atoms with van der Waals surface area (Å²) in [7, 11) is 0. The summed E-state index contributed by atoms with van der Waals surface area (Å²) < 4.78 is 37.9. The molecule has 0 aromatic carbocycles. The van der Waals surface area contributed by atoms with E-state index in [-0.39, 0.29) is 0 Å². The van der Waals surface area contributed by atoms with Crippen LogP contribution in [0, 0.1) is 0 Å². The smallest absolute Gasteiger partial charge is 0.0701 e. The quantitative estimate of drug-likeness (QED) is 0.131. The molecule has 176 valence electrons. The van der Waals surface area contributed by atoms with Crippen LogP contribution in [0.2, 0.25) is 0 Å². The van der Waals surface area contributed by atoms with E-state index in [4.69, 9.17) is 44.8 Å². The Kier molecular flexibility index (Phi) is 29.0. The molecule has 0 atom stereocenters. The zero-order valence-electron chi connectivity index (χ0n) is 17.8. The molecule has 0 rings (SSSR count). The minimum Gasteiger partial charge on any atom is -0.379 e. The Labute approximate surface area is 190 Å². The van der Waals surface area contributed by atoms with E-state index in [1.807, 2.05) is 0 Å². The number of ether oxygens (including phenoxy) is 7. The summed E-state index contributed by atoms with van der Waals surface area (Å²) in [6, 6.07) is 0. The molecule has 29 heavy (non-hydrogen) atoms. The summed E-state index contributed by atoms with van der Waals surface area (Å²) in [5, 5.41) is 0.848. The van der Waals surface area contributed by atoms with Gasteiger partial charge in [-0.2, -0.15) is 0 Å². The van der Waals surface area contributed by atoms with Gasteiger partial charge in [-0.25, -0.2) is 0 Å². The largest absolute Gasteiger partial charge is 0.379 e. The Balaban J connectivity index is 2.97. The fourth-order valence-electron chi connectivity index (χ4n) is 2.13. The zero-order chi connectivity index (χ0) is 21.1. The van der Waals surface area contributed by atoms with Crippen molar-refractivity contribution in [2.24, 2.45) is 0 Å². The number of hydrogen-bond acceptors (Lipinski definition) is 7. The zero-order valence-corrected chi connectivity index (χ0v) is 20.1. The molecule has 0 aliphatic heterocycles. The third-order valence-corrected chi connectivity index (χ3v) is 4.22. The lowest BCUT2D eigenvalue weighted by atomic mass is 10.2. The average Bonchev–Trinajstić information content (AvgIpc) is 2.74. The first-order chi connectivity index (χ1) is 14.4. The molecule has 0 amide bonds. The molecule has 0 spiro atoms. The van der Waals surface area contributed by atoms with Gasteiger partial charge in [0.15, 0.2) is 0 Å². The summed E-state index contributed by atoms with van der Waals surface area (Å²) in [6.45, 7) is 8.43. The monoisotopic (exact) mass is 506 g/mol. The van der Waals surface area contributed by atoms with Crippen molar-refractivity contribution in [3.8, 4) is 0 Å². The topological polar surface area (TPSA) is 64.6 Å². The van der Waals surface area contributed by atoms with Gasteiger partial charge in [0.25, 0.3) is 0 Å². The van der Waals surface area contributed by atoms with Gasteiger partial charge < -0.3 is 33.2 Å². The van der Waals surface area contributed by atoms with Gasteiger partial charge in [0.05, 0.1) is 85.9 Å². The van der Waals surface area contributed by atoms with Gasteiger partial charge in [-0.1, -0.05) is 28.8 Å². The number of hydrogen-bond donors (Lipinski definition) is 0. The van der Waals surface area contributed by atoms with Gasteiger partial charge in [0.1, 0.15) is 0 Å². The third-order valence-electron chi connectivity index (χ3n) is 3.63. The minimum atomic E-state index is 0.553. The highest BCUT2D eigenvalue weighted by molar-refractivity contribution is 9.09. The molecule has 0 heterocycles. The molecule has 0 N–H and O–H groups in total. The van der Waals surface area contributed by atoms with Crippen molar-refractivity contribution < 1.29 is 33.2 Å². The first-order valence-corrected chi connectivity index (χ1v) is 12.2. The van der Waals surface area contributed by atoms with Gasteiger partial charge in [0, 0.05) is 17.8 Å². The first kappa shape index (κ1) is 29.5. The Hall–Kier alpha value is 0.490. The van der Waals surface area contributed by atoms with E-state index in [0.29, 0.717) is 85.9 Å². The van der Waals surface area contributed by atoms with Crippen LogP contribution in [0.15, 0.2) is 0 Å². The van der Waals surface area contributed by atoms with Crippen molar-refractivity contribution in [2.45, 2.75) is 25.7 Å². The third kappa shape index (κ3) is 28.5. The number of halogens is 2. The lowest BCUT2D eigenvalue weighted by Gasteiger charge is -2.08. The molecule has 0 saturated heterocycles. The Morgan fingerprint density at radius 1 is 0.379 bits per heavy atom. The van der Waals surface area contributed by atoms with Crippen molar-refractivity contribution >= 4 is 27.5 Å². The fourth-order valence-corrected chi connectivity index (χ4v) is 2.55. The summed E-state index contributed by atoms with van der Waals surface area (Å²) in [5.74, 6) is 0.752. The molecule has 0 unspecified atom stereocenters. The summed E-state index contributed by atoms with van der Waals surface area (Å²) in [5.41, 5.74) is 0. The highest BCUT2D eigenvalue weighted by Gasteiger charge is 1.95. The molecule has 0 bridgehead atoms. The molecular formula is C20H40BrClO7. The van der Waals surface area contributed by atoms with E-state index in [0.717, 1.165) is 30.7 Å². The lowest BCUT2D eigenvalue weighted by Crippen LogP contribution is -2.14. The van der Waals surface area contributed by atoms with E-state index >= 15 is 0 Å². The molecule has 0 saturated carbocycles. The van der Waals surface area contributed by atoms with E-state index in [9.17, 15) is 0 Å². The molecular weight excluding hydrogens is 468 g/mol. The van der Waals surface area contributed by atoms with Crippen molar-refractivity contribution in [1.82, 2.24) is 0 Å². The Bertz CT molecular complexity index is 266. The fraction of sp³-hybridized carbons (Fsp3) is 1.00. The molecule has 7 nitrogen and oxygen atoms in total. The van der Waals surface area contributed by atoms with Crippen LogP contribution in [0.3, 0.4) is 0 Å².